The number of amides is 1. The summed E-state index contributed by atoms with van der Waals surface area (Å²) in [6.07, 6.45) is 10.5. The summed E-state index contributed by atoms with van der Waals surface area (Å²) < 4.78 is 36.8. The van der Waals surface area contributed by atoms with Crippen LogP contribution in [0.5, 0.6) is 0 Å². The fourth-order valence-electron chi connectivity index (χ4n) is 3.47. The van der Waals surface area contributed by atoms with Crippen molar-refractivity contribution in [3.05, 3.63) is 0 Å². The number of rotatable bonds is 24. The number of hydrogen-bond donors (Lipinski definition) is 6. The molecule has 11 nitrogen and oxygen atoms in total. The van der Waals surface area contributed by atoms with Crippen LogP contribution in [0.4, 0.5) is 13.2 Å². The van der Waals surface area contributed by atoms with E-state index in [4.69, 9.17) is 30.6 Å². The fraction of sp³-hybridized carbons (Fsp3) is 0.852. The number of carboxylic acid groups (broad SMARTS) is 2. The fourth-order valence-corrected chi connectivity index (χ4v) is 4.38. The van der Waals surface area contributed by atoms with E-state index in [-0.39, 0.29) is 24.1 Å². The number of ether oxygens (including phenoxy) is 1. The first-order valence-electron chi connectivity index (χ1n) is 14.4. The molecular formula is C27H49F3N2O9S. The maximum absolute atomic E-state index is 11.8. The number of halogens is 3. The van der Waals surface area contributed by atoms with Crippen LogP contribution in [0, 0.1) is 0 Å². The van der Waals surface area contributed by atoms with Crippen molar-refractivity contribution >= 4 is 35.6 Å². The van der Waals surface area contributed by atoms with Gasteiger partial charge in [-0.2, -0.15) is 24.9 Å². The van der Waals surface area contributed by atoms with Gasteiger partial charge in [-0.05, 0) is 6.42 Å². The summed E-state index contributed by atoms with van der Waals surface area (Å²) in [6, 6.07) is -2.39. The van der Waals surface area contributed by atoms with Crippen LogP contribution >= 0.6 is 11.8 Å². The average Bonchev–Trinajstić information content (AvgIpc) is 2.92. The molecule has 42 heavy (non-hydrogen) atoms. The third kappa shape index (κ3) is 26.8. The minimum atomic E-state index is -5.08. The number of carboxylic acids is 2. The highest BCUT2D eigenvalue weighted by Crippen LogP contribution is 2.14. The van der Waals surface area contributed by atoms with Crippen LogP contribution in [-0.2, 0) is 23.9 Å². The van der Waals surface area contributed by atoms with E-state index in [1.54, 1.807) is 0 Å². The molecule has 15 heteroatoms. The zero-order valence-corrected chi connectivity index (χ0v) is 25.2. The molecule has 0 saturated heterocycles. The van der Waals surface area contributed by atoms with Gasteiger partial charge in [0, 0.05) is 17.9 Å². The molecule has 0 aliphatic carbocycles. The van der Waals surface area contributed by atoms with E-state index < -0.39 is 48.8 Å². The van der Waals surface area contributed by atoms with Crippen molar-refractivity contribution in [2.75, 3.05) is 24.7 Å². The molecule has 0 rings (SSSR count). The topological polar surface area (TPSA) is 196 Å². The Kier molecular flexibility index (Phi) is 26.5. The first-order chi connectivity index (χ1) is 19.8. The standard InChI is InChI=1S/C25H48N2O7S.C2HF3O2/c1-2-3-4-5-6-7-8-9-10-11-12-13-14-15-23(30)34-17-20(29)18-35-19-21(26)24(31)27-22(16-28)25(32)33;3-2(4,5)1(6)7/h20-22,28-29H,2-19,26H2,1H3,(H,27,31)(H,32,33);(H,6,7)/t20-,21+,22+;/m1./s1. The van der Waals surface area contributed by atoms with Gasteiger partial charge in [-0.1, -0.05) is 84.0 Å². The Morgan fingerprint density at radius 2 is 1.31 bits per heavy atom. The minimum absolute atomic E-state index is 0.114. The quantitative estimate of drug-likeness (QED) is 0.0670. The monoisotopic (exact) mass is 634 g/mol. The Morgan fingerprint density at radius 3 is 1.71 bits per heavy atom. The summed E-state index contributed by atoms with van der Waals surface area (Å²) in [6.45, 7) is 1.39. The molecule has 0 radical (unpaired) electrons. The summed E-state index contributed by atoms with van der Waals surface area (Å²) >= 11 is 1.19. The summed E-state index contributed by atoms with van der Waals surface area (Å²) in [5, 5.41) is 36.9. The van der Waals surface area contributed by atoms with Crippen molar-refractivity contribution < 1.29 is 57.5 Å². The predicted molar refractivity (Wildman–Crippen MR) is 153 cm³/mol. The van der Waals surface area contributed by atoms with Gasteiger partial charge in [-0.15, -0.1) is 0 Å². The van der Waals surface area contributed by atoms with E-state index >= 15 is 0 Å². The van der Waals surface area contributed by atoms with Gasteiger partial charge in [-0.3, -0.25) is 9.59 Å². The van der Waals surface area contributed by atoms with E-state index in [0.29, 0.717) is 6.42 Å². The van der Waals surface area contributed by atoms with Gasteiger partial charge in [-0.25, -0.2) is 9.59 Å². The van der Waals surface area contributed by atoms with Gasteiger partial charge in [0.25, 0.3) is 0 Å². The van der Waals surface area contributed by atoms with Crippen molar-refractivity contribution in [2.45, 2.75) is 121 Å². The van der Waals surface area contributed by atoms with Crippen molar-refractivity contribution in [3.8, 4) is 0 Å². The second kappa shape index (κ2) is 26.5. The SMILES string of the molecule is CCCCCCCCCCCCCCCC(=O)OC[C@@H](O)CSC[C@H](N)C(=O)N[C@@H](CO)C(=O)O.O=C(O)C(F)(F)F. The molecule has 0 fully saturated rings. The molecular weight excluding hydrogens is 585 g/mol. The third-order valence-electron chi connectivity index (χ3n) is 5.91. The lowest BCUT2D eigenvalue weighted by molar-refractivity contribution is -0.192. The largest absolute Gasteiger partial charge is 0.490 e. The normalized spacial score (nSPS) is 13.3. The zero-order valence-electron chi connectivity index (χ0n) is 24.4. The first kappa shape index (κ1) is 42.0. The molecule has 7 N–H and O–H groups in total. The van der Waals surface area contributed by atoms with Crippen LogP contribution in [0.3, 0.4) is 0 Å². The van der Waals surface area contributed by atoms with Gasteiger partial charge >= 0.3 is 24.1 Å². The van der Waals surface area contributed by atoms with Crippen LogP contribution in [0.15, 0.2) is 0 Å². The van der Waals surface area contributed by atoms with Crippen molar-refractivity contribution in [1.29, 1.82) is 0 Å². The summed E-state index contributed by atoms with van der Waals surface area (Å²) in [7, 11) is 0. The maximum atomic E-state index is 11.8. The summed E-state index contributed by atoms with van der Waals surface area (Å²) in [5.74, 6) is -4.76. The van der Waals surface area contributed by atoms with Gasteiger partial charge < -0.3 is 36.2 Å². The first-order valence-corrected chi connectivity index (χ1v) is 15.5. The van der Waals surface area contributed by atoms with Crippen LogP contribution < -0.4 is 11.1 Å². The number of thioether (sulfide) groups is 1. The van der Waals surface area contributed by atoms with E-state index in [2.05, 4.69) is 12.2 Å². The highest BCUT2D eigenvalue weighted by molar-refractivity contribution is 7.99. The molecule has 0 unspecified atom stereocenters. The molecule has 0 aliphatic rings. The smallest absolute Gasteiger partial charge is 0.480 e. The number of aliphatic carboxylic acids is 2. The minimum Gasteiger partial charge on any atom is -0.480 e. The molecule has 0 aliphatic heterocycles. The molecule has 1 amide bonds. The highest BCUT2D eigenvalue weighted by Gasteiger charge is 2.38. The van der Waals surface area contributed by atoms with Crippen LogP contribution in [-0.4, -0.2) is 93.3 Å². The molecule has 0 aromatic rings. The second-order valence-electron chi connectivity index (χ2n) is 9.86. The number of alkyl halides is 3. The number of aliphatic hydroxyl groups is 2. The number of aliphatic hydroxyl groups excluding tert-OH is 2. The number of esters is 1. The number of unbranched alkanes of at least 4 members (excludes halogenated alkanes) is 12. The van der Waals surface area contributed by atoms with Crippen LogP contribution in [0.2, 0.25) is 0 Å². The zero-order chi connectivity index (χ0) is 32.4. The van der Waals surface area contributed by atoms with Crippen molar-refractivity contribution in [1.82, 2.24) is 5.32 Å². The molecule has 248 valence electrons. The van der Waals surface area contributed by atoms with Crippen molar-refractivity contribution in [2.24, 2.45) is 5.73 Å². The van der Waals surface area contributed by atoms with E-state index in [1.807, 2.05) is 0 Å². The molecule has 3 atom stereocenters. The lowest BCUT2D eigenvalue weighted by Crippen LogP contribution is -2.50. The van der Waals surface area contributed by atoms with E-state index in [0.717, 1.165) is 19.3 Å². The van der Waals surface area contributed by atoms with Crippen molar-refractivity contribution in [3.63, 3.8) is 0 Å². The number of carbonyl (C=O) groups is 4. The lowest BCUT2D eigenvalue weighted by Gasteiger charge is -2.16. The lowest BCUT2D eigenvalue weighted by atomic mass is 10.0. The molecule has 0 saturated carbocycles. The molecule has 0 heterocycles. The van der Waals surface area contributed by atoms with E-state index in [9.17, 15) is 32.7 Å². The Bertz CT molecular complexity index is 746. The number of nitrogens with one attached hydrogen (secondary N) is 1. The summed E-state index contributed by atoms with van der Waals surface area (Å²) in [5.41, 5.74) is 5.69. The van der Waals surface area contributed by atoms with E-state index in [1.165, 1.54) is 76.0 Å². The number of carbonyl (C=O) groups excluding carboxylic acids is 2. The molecule has 0 aromatic heterocycles. The second-order valence-corrected chi connectivity index (χ2v) is 10.9. The summed E-state index contributed by atoms with van der Waals surface area (Å²) in [4.78, 5) is 43.3. The van der Waals surface area contributed by atoms with Crippen LogP contribution in [0.1, 0.15) is 96.8 Å². The molecule has 0 bridgehead atoms. The Labute approximate surface area is 250 Å². The third-order valence-corrected chi connectivity index (χ3v) is 7.12. The number of hydrogen-bond acceptors (Lipinski definition) is 9. The van der Waals surface area contributed by atoms with Gasteiger partial charge in [0.1, 0.15) is 12.6 Å². The maximum Gasteiger partial charge on any atom is 0.490 e. The number of nitrogens with two attached hydrogens (primary N) is 1. The van der Waals surface area contributed by atoms with Crippen LogP contribution in [0.25, 0.3) is 0 Å². The Balaban J connectivity index is 0. The Hall–Kier alpha value is -2.10. The molecule has 0 aromatic carbocycles. The Morgan fingerprint density at radius 1 is 0.857 bits per heavy atom. The van der Waals surface area contributed by atoms with Gasteiger partial charge in [0.2, 0.25) is 5.91 Å². The molecule has 0 spiro atoms. The van der Waals surface area contributed by atoms with Gasteiger partial charge in [0.15, 0.2) is 0 Å². The average molecular weight is 635 g/mol. The van der Waals surface area contributed by atoms with Gasteiger partial charge in [0.05, 0.1) is 18.8 Å². The predicted octanol–water partition coefficient (Wildman–Crippen LogP) is 3.63. The highest BCUT2D eigenvalue weighted by atomic mass is 32.2.